The molecule has 0 spiro atoms. The van der Waals surface area contributed by atoms with Crippen LogP contribution in [-0.2, 0) is 14.9 Å². The predicted molar refractivity (Wildman–Crippen MR) is 72.3 cm³/mol. The third-order valence-corrected chi connectivity index (χ3v) is 3.40. The minimum atomic E-state index is -4.38. The summed E-state index contributed by atoms with van der Waals surface area (Å²) in [5.41, 5.74) is 5.72. The van der Waals surface area contributed by atoms with Crippen LogP contribution in [0.25, 0.3) is 0 Å². The fourth-order valence-electron chi connectivity index (χ4n) is 1.64. The number of hydrogen-bond donors (Lipinski definition) is 3. The maximum absolute atomic E-state index is 11.8. The number of nitrogens with one attached hydrogen (secondary N) is 1. The van der Waals surface area contributed by atoms with E-state index < -0.39 is 22.1 Å². The van der Waals surface area contributed by atoms with Gasteiger partial charge in [-0.15, -0.1) is 0 Å². The average Bonchev–Trinajstić information content (AvgIpc) is 2.27. The van der Waals surface area contributed by atoms with Gasteiger partial charge in [-0.1, -0.05) is 26.0 Å². The molecule has 6 nitrogen and oxygen atoms in total. The van der Waals surface area contributed by atoms with Crippen LogP contribution in [-0.4, -0.2) is 24.9 Å². The number of nitrogens with two attached hydrogens (primary N) is 1. The van der Waals surface area contributed by atoms with Crippen molar-refractivity contribution in [2.24, 2.45) is 11.7 Å². The van der Waals surface area contributed by atoms with Crippen molar-refractivity contribution >= 4 is 21.7 Å². The van der Waals surface area contributed by atoms with Gasteiger partial charge in [0.15, 0.2) is 0 Å². The second-order valence-electron chi connectivity index (χ2n) is 4.70. The molecule has 0 bridgehead atoms. The number of rotatable bonds is 5. The van der Waals surface area contributed by atoms with Crippen LogP contribution in [0.15, 0.2) is 29.2 Å². The molecule has 4 N–H and O–H groups in total. The van der Waals surface area contributed by atoms with Gasteiger partial charge in [-0.25, -0.2) is 0 Å². The molecule has 0 aliphatic heterocycles. The van der Waals surface area contributed by atoms with Crippen molar-refractivity contribution in [2.45, 2.75) is 31.2 Å². The number of hydrogen-bond acceptors (Lipinski definition) is 4. The van der Waals surface area contributed by atoms with Crippen LogP contribution >= 0.6 is 0 Å². The molecular formula is C12H18N2O4S. The Labute approximate surface area is 112 Å². The monoisotopic (exact) mass is 286 g/mol. The van der Waals surface area contributed by atoms with Gasteiger partial charge in [0, 0.05) is 0 Å². The van der Waals surface area contributed by atoms with Crippen molar-refractivity contribution in [3.8, 4) is 0 Å². The Morgan fingerprint density at radius 2 is 1.95 bits per heavy atom. The third kappa shape index (κ3) is 4.62. The van der Waals surface area contributed by atoms with Crippen LogP contribution in [0, 0.1) is 5.92 Å². The van der Waals surface area contributed by atoms with Gasteiger partial charge < -0.3 is 11.1 Å². The highest BCUT2D eigenvalue weighted by Crippen LogP contribution is 2.20. The molecule has 0 unspecified atom stereocenters. The minimum Gasteiger partial charge on any atom is -0.323 e. The Bertz CT molecular complexity index is 555. The largest absolute Gasteiger partial charge is 0.323 e. The lowest BCUT2D eigenvalue weighted by Crippen LogP contribution is -2.36. The van der Waals surface area contributed by atoms with Crippen LogP contribution in [0.4, 0.5) is 5.69 Å². The highest BCUT2D eigenvalue weighted by Gasteiger charge is 2.20. The molecule has 19 heavy (non-hydrogen) atoms. The van der Waals surface area contributed by atoms with Crippen LogP contribution in [0.1, 0.15) is 20.3 Å². The molecule has 0 radical (unpaired) electrons. The van der Waals surface area contributed by atoms with Crippen LogP contribution in [0.5, 0.6) is 0 Å². The molecule has 0 heterocycles. The van der Waals surface area contributed by atoms with Gasteiger partial charge in [0.25, 0.3) is 10.1 Å². The van der Waals surface area contributed by atoms with E-state index in [1.54, 1.807) is 6.07 Å². The molecule has 1 amide bonds. The Kier molecular flexibility index (Phi) is 5.04. The Balaban J connectivity index is 2.92. The van der Waals surface area contributed by atoms with Gasteiger partial charge in [0.2, 0.25) is 5.91 Å². The SMILES string of the molecule is CC(C)C[C@H](N)C(=O)Nc1ccccc1S(=O)(=O)O. The van der Waals surface area contributed by atoms with Crippen LogP contribution < -0.4 is 11.1 Å². The van der Waals surface area contributed by atoms with Gasteiger partial charge in [-0.05, 0) is 24.5 Å². The number of benzene rings is 1. The topological polar surface area (TPSA) is 109 Å². The summed E-state index contributed by atoms with van der Waals surface area (Å²) in [6, 6.07) is 4.88. The molecule has 0 aromatic heterocycles. The number of carbonyl (C=O) groups is 1. The highest BCUT2D eigenvalue weighted by atomic mass is 32.2. The van der Waals surface area contributed by atoms with E-state index in [-0.39, 0.29) is 16.5 Å². The van der Waals surface area contributed by atoms with Gasteiger partial charge in [-0.2, -0.15) is 8.42 Å². The van der Waals surface area contributed by atoms with Gasteiger partial charge in [0.1, 0.15) is 4.90 Å². The zero-order chi connectivity index (χ0) is 14.6. The average molecular weight is 286 g/mol. The predicted octanol–water partition coefficient (Wildman–Crippen LogP) is 1.25. The number of anilines is 1. The summed E-state index contributed by atoms with van der Waals surface area (Å²) in [6.45, 7) is 3.86. The van der Waals surface area contributed by atoms with Gasteiger partial charge in [-0.3, -0.25) is 9.35 Å². The highest BCUT2D eigenvalue weighted by molar-refractivity contribution is 7.86. The summed E-state index contributed by atoms with van der Waals surface area (Å²) in [7, 11) is -4.38. The van der Waals surface area contributed by atoms with E-state index in [1.165, 1.54) is 18.2 Å². The molecule has 1 aromatic rings. The molecule has 7 heteroatoms. The molecule has 0 aliphatic rings. The minimum absolute atomic E-state index is 0.0224. The number of para-hydroxylation sites is 1. The first kappa shape index (κ1) is 15.6. The van der Waals surface area contributed by atoms with Crippen molar-refractivity contribution in [1.29, 1.82) is 0 Å². The fourth-order valence-corrected chi connectivity index (χ4v) is 2.28. The first-order valence-corrected chi connectivity index (χ1v) is 7.28. The zero-order valence-corrected chi connectivity index (χ0v) is 11.6. The van der Waals surface area contributed by atoms with E-state index in [4.69, 9.17) is 10.3 Å². The maximum Gasteiger partial charge on any atom is 0.296 e. The standard InChI is InChI=1S/C12H18N2O4S/c1-8(2)7-9(13)12(15)14-10-5-3-4-6-11(10)19(16,17)18/h3-6,8-9H,7,13H2,1-2H3,(H,14,15)(H,16,17,18)/t9-/m0/s1. The molecule has 1 rings (SSSR count). The molecule has 0 saturated heterocycles. The lowest BCUT2D eigenvalue weighted by molar-refractivity contribution is -0.117. The Morgan fingerprint density at radius 3 is 2.47 bits per heavy atom. The number of amides is 1. The first-order chi connectivity index (χ1) is 8.71. The van der Waals surface area contributed by atoms with E-state index in [0.717, 1.165) is 0 Å². The summed E-state index contributed by atoms with van der Waals surface area (Å²) in [6.07, 6.45) is 0.486. The Morgan fingerprint density at radius 1 is 1.37 bits per heavy atom. The molecular weight excluding hydrogens is 268 g/mol. The Hall–Kier alpha value is -1.44. The summed E-state index contributed by atoms with van der Waals surface area (Å²) in [5, 5.41) is 2.42. The second kappa shape index (κ2) is 6.14. The van der Waals surface area contributed by atoms with Crippen molar-refractivity contribution in [3.63, 3.8) is 0 Å². The number of carbonyl (C=O) groups excluding carboxylic acids is 1. The lowest BCUT2D eigenvalue weighted by Gasteiger charge is -2.15. The van der Waals surface area contributed by atoms with Crippen LogP contribution in [0.2, 0.25) is 0 Å². The molecule has 0 saturated carbocycles. The van der Waals surface area contributed by atoms with Gasteiger partial charge in [0.05, 0.1) is 11.7 Å². The van der Waals surface area contributed by atoms with Crippen molar-refractivity contribution in [1.82, 2.24) is 0 Å². The normalized spacial score (nSPS) is 13.3. The third-order valence-electron chi connectivity index (χ3n) is 2.48. The summed E-state index contributed by atoms with van der Waals surface area (Å²) in [5.74, 6) is -0.234. The molecule has 1 atom stereocenters. The van der Waals surface area contributed by atoms with E-state index in [9.17, 15) is 13.2 Å². The summed E-state index contributed by atoms with van der Waals surface area (Å²) < 4.78 is 31.4. The quantitative estimate of drug-likeness (QED) is 0.706. The van der Waals surface area contributed by atoms with Crippen molar-refractivity contribution < 1.29 is 17.8 Å². The molecule has 1 aromatic carbocycles. The molecule has 0 fully saturated rings. The molecule has 0 aliphatic carbocycles. The lowest BCUT2D eigenvalue weighted by atomic mass is 10.0. The molecule has 106 valence electrons. The van der Waals surface area contributed by atoms with E-state index in [0.29, 0.717) is 6.42 Å². The zero-order valence-electron chi connectivity index (χ0n) is 10.8. The van der Waals surface area contributed by atoms with E-state index in [1.807, 2.05) is 13.8 Å². The maximum atomic E-state index is 11.8. The second-order valence-corrected chi connectivity index (χ2v) is 6.09. The van der Waals surface area contributed by atoms with E-state index >= 15 is 0 Å². The smallest absolute Gasteiger partial charge is 0.296 e. The van der Waals surface area contributed by atoms with Crippen molar-refractivity contribution in [3.05, 3.63) is 24.3 Å². The fraction of sp³-hybridized carbons (Fsp3) is 0.417. The van der Waals surface area contributed by atoms with Crippen LogP contribution in [0.3, 0.4) is 0 Å². The summed E-state index contributed by atoms with van der Waals surface area (Å²) in [4.78, 5) is 11.5. The van der Waals surface area contributed by atoms with Crippen molar-refractivity contribution in [2.75, 3.05) is 5.32 Å². The first-order valence-electron chi connectivity index (χ1n) is 5.84. The van der Waals surface area contributed by atoms with Gasteiger partial charge >= 0.3 is 0 Å². The van der Waals surface area contributed by atoms with E-state index in [2.05, 4.69) is 5.32 Å². The summed E-state index contributed by atoms with van der Waals surface area (Å²) >= 11 is 0.